The normalized spacial score (nSPS) is 12.4. The number of rotatable bonds is 7. The number of fused-ring (bicyclic) bond motifs is 1. The highest BCUT2D eigenvalue weighted by atomic mass is 16.6. The van der Waals surface area contributed by atoms with Gasteiger partial charge in [0, 0.05) is 5.69 Å². The lowest BCUT2D eigenvalue weighted by molar-refractivity contribution is -0.125. The van der Waals surface area contributed by atoms with Gasteiger partial charge in [0.15, 0.2) is 12.1 Å². The number of aliphatic hydroxyl groups is 1. The molecule has 2 unspecified atom stereocenters. The molecule has 0 radical (unpaired) electrons. The molecule has 0 aliphatic rings. The van der Waals surface area contributed by atoms with Crippen LogP contribution in [0.25, 0.3) is 22.2 Å². The molecule has 190 valence electrons. The number of amides is 2. The number of hydrogen-bond donors (Lipinski definition) is 5. The van der Waals surface area contributed by atoms with E-state index in [1.807, 2.05) is 42.5 Å². The lowest BCUT2D eigenvalue weighted by atomic mass is 10.0. The van der Waals surface area contributed by atoms with Crippen molar-refractivity contribution in [2.75, 3.05) is 11.1 Å². The van der Waals surface area contributed by atoms with Crippen LogP contribution >= 0.6 is 0 Å². The number of nitrogens with two attached hydrogens (primary N) is 1. The Labute approximate surface area is 218 Å². The predicted octanol–water partition coefficient (Wildman–Crippen LogP) is 4.64. The molecule has 9 heteroatoms. The molecule has 5 rings (SSSR count). The quantitative estimate of drug-likeness (QED) is 0.217. The minimum Gasteiger partial charge on any atom is -0.410 e. The summed E-state index contributed by atoms with van der Waals surface area (Å²) in [5.74, 6) is -0.136. The third kappa shape index (κ3) is 5.63. The summed E-state index contributed by atoms with van der Waals surface area (Å²) in [6, 6.07) is 29.5. The van der Waals surface area contributed by atoms with Crippen molar-refractivity contribution in [2.24, 2.45) is 0 Å². The molecular weight excluding hydrogens is 482 g/mol. The van der Waals surface area contributed by atoms with Crippen molar-refractivity contribution in [3.8, 4) is 16.9 Å². The van der Waals surface area contributed by atoms with E-state index in [1.54, 1.807) is 60.7 Å². The molecule has 1 heterocycles. The average Bonchev–Trinajstić information content (AvgIpc) is 3.32. The maximum absolute atomic E-state index is 13.0. The molecule has 2 atom stereocenters. The number of hydrogen-bond acceptors (Lipinski definition) is 6. The van der Waals surface area contributed by atoms with Crippen molar-refractivity contribution in [3.05, 3.63) is 109 Å². The SMILES string of the molecule is Nc1nc2ccc(NC(=O)C(O)C(NC(=O)Oc3ccc(-c4ccccc4)cc3)c3ccccc3)cc2[nH]1. The van der Waals surface area contributed by atoms with Gasteiger partial charge in [0.25, 0.3) is 5.91 Å². The first kappa shape index (κ1) is 24.5. The van der Waals surface area contributed by atoms with Gasteiger partial charge in [-0.3, -0.25) is 4.79 Å². The number of benzene rings is 4. The van der Waals surface area contributed by atoms with E-state index in [9.17, 15) is 14.7 Å². The monoisotopic (exact) mass is 507 g/mol. The molecule has 0 saturated carbocycles. The van der Waals surface area contributed by atoms with Gasteiger partial charge in [-0.15, -0.1) is 0 Å². The Kier molecular flexibility index (Phi) is 7.01. The van der Waals surface area contributed by atoms with Crippen molar-refractivity contribution in [1.82, 2.24) is 15.3 Å². The van der Waals surface area contributed by atoms with Crippen LogP contribution in [0, 0.1) is 0 Å². The zero-order valence-corrected chi connectivity index (χ0v) is 20.2. The van der Waals surface area contributed by atoms with Crippen molar-refractivity contribution >= 4 is 34.7 Å². The number of H-pyrrole nitrogens is 1. The number of anilines is 2. The number of nitrogens with zero attached hydrogens (tertiary/aromatic N) is 1. The summed E-state index contributed by atoms with van der Waals surface area (Å²) < 4.78 is 5.44. The van der Waals surface area contributed by atoms with Gasteiger partial charge >= 0.3 is 6.09 Å². The molecule has 1 aromatic heterocycles. The lowest BCUT2D eigenvalue weighted by Gasteiger charge is -2.23. The van der Waals surface area contributed by atoms with Gasteiger partial charge in [-0.1, -0.05) is 72.8 Å². The first-order chi connectivity index (χ1) is 18.5. The number of aromatic nitrogens is 2. The number of nitrogen functional groups attached to an aromatic ring is 1. The molecule has 38 heavy (non-hydrogen) atoms. The van der Waals surface area contributed by atoms with Crippen molar-refractivity contribution in [2.45, 2.75) is 12.1 Å². The minimum atomic E-state index is -1.62. The molecule has 0 aliphatic heterocycles. The van der Waals surface area contributed by atoms with Gasteiger partial charge in [-0.2, -0.15) is 0 Å². The Morgan fingerprint density at radius 2 is 1.53 bits per heavy atom. The lowest BCUT2D eigenvalue weighted by Crippen LogP contribution is -2.43. The largest absolute Gasteiger partial charge is 0.413 e. The van der Waals surface area contributed by atoms with Crippen LogP contribution in [0.2, 0.25) is 0 Å². The number of ether oxygens (including phenoxy) is 1. The van der Waals surface area contributed by atoms with Crippen LogP contribution in [-0.4, -0.2) is 33.2 Å². The first-order valence-corrected chi connectivity index (χ1v) is 11.9. The molecule has 6 N–H and O–H groups in total. The number of nitrogens with one attached hydrogen (secondary N) is 3. The van der Waals surface area contributed by atoms with Gasteiger partial charge in [-0.25, -0.2) is 9.78 Å². The number of aliphatic hydroxyl groups excluding tert-OH is 1. The molecule has 0 spiro atoms. The highest BCUT2D eigenvalue weighted by Crippen LogP contribution is 2.24. The molecule has 0 fully saturated rings. The smallest absolute Gasteiger partial charge is 0.410 e. The summed E-state index contributed by atoms with van der Waals surface area (Å²) in [5, 5.41) is 16.3. The van der Waals surface area contributed by atoms with Crippen LogP contribution < -0.4 is 21.1 Å². The van der Waals surface area contributed by atoms with E-state index in [0.29, 0.717) is 28.0 Å². The standard InChI is InChI=1S/C29H25N5O4/c30-28-32-23-16-13-21(17-24(23)33-28)31-27(36)26(35)25(20-9-5-2-6-10-20)34-29(37)38-22-14-11-19(12-15-22)18-7-3-1-4-8-18/h1-17,25-26,35H,(H,31,36)(H,34,37)(H3,30,32,33). The van der Waals surface area contributed by atoms with E-state index in [0.717, 1.165) is 11.1 Å². The summed E-state index contributed by atoms with van der Waals surface area (Å²) in [6.45, 7) is 0. The maximum Gasteiger partial charge on any atom is 0.413 e. The Bertz CT molecular complexity index is 1550. The molecule has 0 bridgehead atoms. The Balaban J connectivity index is 1.29. The number of imidazole rings is 1. The average molecular weight is 508 g/mol. The van der Waals surface area contributed by atoms with E-state index in [4.69, 9.17) is 10.5 Å². The van der Waals surface area contributed by atoms with Crippen molar-refractivity contribution in [3.63, 3.8) is 0 Å². The second-order valence-corrected chi connectivity index (χ2v) is 8.60. The molecule has 9 nitrogen and oxygen atoms in total. The van der Waals surface area contributed by atoms with E-state index < -0.39 is 24.1 Å². The van der Waals surface area contributed by atoms with Crippen LogP contribution in [0.5, 0.6) is 5.75 Å². The zero-order chi connectivity index (χ0) is 26.5. The highest BCUT2D eigenvalue weighted by molar-refractivity contribution is 5.96. The molecule has 0 saturated heterocycles. The van der Waals surface area contributed by atoms with Crippen LogP contribution in [0.3, 0.4) is 0 Å². The summed E-state index contributed by atoms with van der Waals surface area (Å²) in [5.41, 5.74) is 9.93. The van der Waals surface area contributed by atoms with Gasteiger partial charge in [-0.05, 0) is 47.0 Å². The van der Waals surface area contributed by atoms with Crippen LogP contribution in [0.4, 0.5) is 16.4 Å². The molecule has 4 aromatic carbocycles. The molecular formula is C29H25N5O4. The highest BCUT2D eigenvalue weighted by Gasteiger charge is 2.30. The summed E-state index contributed by atoms with van der Waals surface area (Å²) in [6.07, 6.45) is -2.43. The van der Waals surface area contributed by atoms with Gasteiger partial charge in [0.05, 0.1) is 17.1 Å². The number of carbonyl (C=O) groups is 2. The van der Waals surface area contributed by atoms with Gasteiger partial charge in [0.1, 0.15) is 5.75 Å². The Morgan fingerprint density at radius 1 is 0.868 bits per heavy atom. The van der Waals surface area contributed by atoms with E-state index >= 15 is 0 Å². The van der Waals surface area contributed by atoms with Crippen molar-refractivity contribution in [1.29, 1.82) is 0 Å². The van der Waals surface area contributed by atoms with Crippen LogP contribution in [0.1, 0.15) is 11.6 Å². The topological polar surface area (TPSA) is 142 Å². The maximum atomic E-state index is 13.0. The van der Waals surface area contributed by atoms with E-state index in [-0.39, 0.29) is 5.95 Å². The van der Waals surface area contributed by atoms with E-state index in [2.05, 4.69) is 20.6 Å². The summed E-state index contributed by atoms with van der Waals surface area (Å²) >= 11 is 0. The fourth-order valence-electron chi connectivity index (χ4n) is 4.09. The fourth-order valence-corrected chi connectivity index (χ4v) is 4.09. The third-order valence-electron chi connectivity index (χ3n) is 5.96. The summed E-state index contributed by atoms with van der Waals surface area (Å²) in [7, 11) is 0. The Hall–Kier alpha value is -5.15. The molecule has 0 aliphatic carbocycles. The molecule has 5 aromatic rings. The van der Waals surface area contributed by atoms with Gasteiger partial charge < -0.3 is 31.2 Å². The van der Waals surface area contributed by atoms with Crippen molar-refractivity contribution < 1.29 is 19.4 Å². The first-order valence-electron chi connectivity index (χ1n) is 11.9. The second kappa shape index (κ2) is 10.9. The minimum absolute atomic E-state index is 0.255. The Morgan fingerprint density at radius 3 is 2.24 bits per heavy atom. The zero-order valence-electron chi connectivity index (χ0n) is 20.2. The number of carbonyl (C=O) groups excluding carboxylic acids is 2. The predicted molar refractivity (Wildman–Crippen MR) is 145 cm³/mol. The van der Waals surface area contributed by atoms with E-state index in [1.165, 1.54) is 0 Å². The number of aromatic amines is 1. The fraction of sp³-hybridized carbons (Fsp3) is 0.0690. The molecule has 2 amide bonds. The van der Waals surface area contributed by atoms with Crippen LogP contribution in [-0.2, 0) is 4.79 Å². The summed E-state index contributed by atoms with van der Waals surface area (Å²) in [4.78, 5) is 32.8. The third-order valence-corrected chi connectivity index (χ3v) is 5.96. The van der Waals surface area contributed by atoms with Crippen LogP contribution in [0.15, 0.2) is 103 Å². The second-order valence-electron chi connectivity index (χ2n) is 8.60. The van der Waals surface area contributed by atoms with Gasteiger partial charge in [0.2, 0.25) is 0 Å².